The van der Waals surface area contributed by atoms with E-state index in [2.05, 4.69) is 10.3 Å². The standard InChI is InChI=1S/C13H14F3N3O/c14-13(15,16)11-4-3-10(6-17)12(19-11)20-8-9-2-1-5-18-7-9/h3-4,9,18H,1-2,5,7-8H2. The predicted molar refractivity (Wildman–Crippen MR) is 65.0 cm³/mol. The summed E-state index contributed by atoms with van der Waals surface area (Å²) in [4.78, 5) is 3.41. The molecule has 0 aliphatic carbocycles. The van der Waals surface area contributed by atoms with Crippen molar-refractivity contribution >= 4 is 0 Å². The smallest absolute Gasteiger partial charge is 0.433 e. The fourth-order valence-electron chi connectivity index (χ4n) is 2.06. The normalized spacial score (nSPS) is 19.4. The number of nitrogens with one attached hydrogen (secondary N) is 1. The average molecular weight is 285 g/mol. The van der Waals surface area contributed by atoms with Crippen LogP contribution in [0.4, 0.5) is 13.2 Å². The highest BCUT2D eigenvalue weighted by molar-refractivity contribution is 5.39. The molecule has 1 aliphatic heterocycles. The van der Waals surface area contributed by atoms with Gasteiger partial charge in [-0.3, -0.25) is 0 Å². The van der Waals surface area contributed by atoms with Gasteiger partial charge in [0.15, 0.2) is 0 Å². The van der Waals surface area contributed by atoms with Crippen LogP contribution in [-0.4, -0.2) is 24.7 Å². The summed E-state index contributed by atoms with van der Waals surface area (Å²) in [6.45, 7) is 1.97. The number of alkyl halides is 3. The van der Waals surface area contributed by atoms with Crippen molar-refractivity contribution in [2.75, 3.05) is 19.7 Å². The highest BCUT2D eigenvalue weighted by Gasteiger charge is 2.33. The van der Waals surface area contributed by atoms with Crippen LogP contribution in [0.2, 0.25) is 0 Å². The zero-order valence-corrected chi connectivity index (χ0v) is 10.7. The number of halogens is 3. The van der Waals surface area contributed by atoms with Gasteiger partial charge in [-0.15, -0.1) is 0 Å². The molecule has 1 unspecified atom stereocenters. The number of rotatable bonds is 3. The van der Waals surface area contributed by atoms with E-state index in [4.69, 9.17) is 10.00 Å². The Morgan fingerprint density at radius 1 is 1.45 bits per heavy atom. The minimum Gasteiger partial charge on any atom is -0.476 e. The van der Waals surface area contributed by atoms with Gasteiger partial charge in [0, 0.05) is 12.5 Å². The first kappa shape index (κ1) is 14.6. The maximum absolute atomic E-state index is 12.6. The Balaban J connectivity index is 2.10. The van der Waals surface area contributed by atoms with Crippen molar-refractivity contribution in [3.63, 3.8) is 0 Å². The Labute approximate surface area is 114 Å². The van der Waals surface area contributed by atoms with Crippen molar-refractivity contribution in [2.24, 2.45) is 5.92 Å². The van der Waals surface area contributed by atoms with Crippen LogP contribution in [0, 0.1) is 17.2 Å². The van der Waals surface area contributed by atoms with E-state index in [0.29, 0.717) is 0 Å². The van der Waals surface area contributed by atoms with E-state index < -0.39 is 11.9 Å². The summed E-state index contributed by atoms with van der Waals surface area (Å²) in [5.41, 5.74) is -1.03. The third-order valence-electron chi connectivity index (χ3n) is 3.13. The lowest BCUT2D eigenvalue weighted by Crippen LogP contribution is -2.33. The largest absolute Gasteiger partial charge is 0.476 e. The number of piperidine rings is 1. The monoisotopic (exact) mass is 285 g/mol. The molecule has 1 aliphatic rings. The van der Waals surface area contributed by atoms with Gasteiger partial charge in [-0.1, -0.05) is 0 Å². The summed E-state index contributed by atoms with van der Waals surface area (Å²) in [6, 6.07) is 3.66. The molecule has 20 heavy (non-hydrogen) atoms. The number of hydrogen-bond acceptors (Lipinski definition) is 4. The van der Waals surface area contributed by atoms with Crippen LogP contribution < -0.4 is 10.1 Å². The maximum atomic E-state index is 12.6. The lowest BCUT2D eigenvalue weighted by atomic mass is 10.0. The number of ether oxygens (including phenoxy) is 1. The van der Waals surface area contributed by atoms with Crippen LogP contribution in [0.3, 0.4) is 0 Å². The lowest BCUT2D eigenvalue weighted by Gasteiger charge is -2.22. The van der Waals surface area contributed by atoms with Gasteiger partial charge in [-0.25, -0.2) is 4.98 Å². The van der Waals surface area contributed by atoms with Crippen molar-refractivity contribution < 1.29 is 17.9 Å². The number of pyridine rings is 1. The van der Waals surface area contributed by atoms with Crippen molar-refractivity contribution in [1.82, 2.24) is 10.3 Å². The van der Waals surface area contributed by atoms with Crippen LogP contribution in [-0.2, 0) is 6.18 Å². The molecule has 108 valence electrons. The molecular weight excluding hydrogens is 271 g/mol. The zero-order valence-electron chi connectivity index (χ0n) is 10.7. The highest BCUT2D eigenvalue weighted by atomic mass is 19.4. The van der Waals surface area contributed by atoms with Gasteiger partial charge in [-0.05, 0) is 31.5 Å². The molecule has 1 fully saturated rings. The first-order chi connectivity index (χ1) is 9.50. The van der Waals surface area contributed by atoms with E-state index in [0.717, 1.165) is 38.1 Å². The predicted octanol–water partition coefficient (Wildman–Crippen LogP) is 2.35. The van der Waals surface area contributed by atoms with Crippen molar-refractivity contribution in [1.29, 1.82) is 5.26 Å². The Hall–Kier alpha value is -1.81. The summed E-state index contributed by atoms with van der Waals surface area (Å²) in [6.07, 6.45) is -2.58. The molecule has 0 aromatic carbocycles. The molecule has 0 radical (unpaired) electrons. The fraction of sp³-hybridized carbons (Fsp3) is 0.538. The summed E-state index contributed by atoms with van der Waals surface area (Å²) in [5.74, 6) is -0.0143. The third-order valence-corrected chi connectivity index (χ3v) is 3.13. The molecule has 1 aromatic rings. The molecule has 1 aromatic heterocycles. The van der Waals surface area contributed by atoms with Crippen molar-refractivity contribution in [3.8, 4) is 11.9 Å². The Morgan fingerprint density at radius 2 is 2.25 bits per heavy atom. The first-order valence-corrected chi connectivity index (χ1v) is 6.32. The zero-order chi connectivity index (χ0) is 14.6. The first-order valence-electron chi connectivity index (χ1n) is 6.32. The third kappa shape index (κ3) is 3.61. The maximum Gasteiger partial charge on any atom is 0.433 e. The molecule has 0 spiro atoms. The summed E-state index contributed by atoms with van der Waals surface area (Å²) < 4.78 is 43.1. The van der Waals surface area contributed by atoms with E-state index in [-0.39, 0.29) is 24.0 Å². The van der Waals surface area contributed by atoms with E-state index >= 15 is 0 Å². The van der Waals surface area contributed by atoms with Gasteiger partial charge in [0.25, 0.3) is 0 Å². The van der Waals surface area contributed by atoms with E-state index in [1.165, 1.54) is 0 Å². The van der Waals surface area contributed by atoms with Gasteiger partial charge in [0.1, 0.15) is 17.3 Å². The molecule has 0 saturated carbocycles. The topological polar surface area (TPSA) is 57.9 Å². The molecule has 1 N–H and O–H groups in total. The lowest BCUT2D eigenvalue weighted by molar-refractivity contribution is -0.141. The molecule has 0 amide bonds. The molecule has 1 atom stereocenters. The van der Waals surface area contributed by atoms with Crippen LogP contribution in [0.15, 0.2) is 12.1 Å². The SMILES string of the molecule is N#Cc1ccc(C(F)(F)F)nc1OCC1CCCNC1. The quantitative estimate of drug-likeness (QED) is 0.926. The second-order valence-electron chi connectivity index (χ2n) is 4.68. The van der Waals surface area contributed by atoms with Gasteiger partial charge < -0.3 is 10.1 Å². The fourth-order valence-corrected chi connectivity index (χ4v) is 2.06. The second kappa shape index (κ2) is 6.09. The van der Waals surface area contributed by atoms with E-state index in [9.17, 15) is 13.2 Å². The van der Waals surface area contributed by atoms with Gasteiger partial charge >= 0.3 is 6.18 Å². The van der Waals surface area contributed by atoms with Crippen molar-refractivity contribution in [3.05, 3.63) is 23.4 Å². The van der Waals surface area contributed by atoms with Crippen LogP contribution in [0.1, 0.15) is 24.1 Å². The van der Waals surface area contributed by atoms with Crippen LogP contribution >= 0.6 is 0 Å². The Morgan fingerprint density at radius 3 is 2.85 bits per heavy atom. The van der Waals surface area contributed by atoms with Gasteiger partial charge in [0.05, 0.1) is 6.61 Å². The number of hydrogen-bond donors (Lipinski definition) is 1. The minimum absolute atomic E-state index is 0.0155. The number of nitrogens with zero attached hydrogens (tertiary/aromatic N) is 2. The van der Waals surface area contributed by atoms with E-state index in [1.54, 1.807) is 6.07 Å². The molecule has 0 bridgehead atoms. The second-order valence-corrected chi connectivity index (χ2v) is 4.68. The number of aromatic nitrogens is 1. The minimum atomic E-state index is -4.54. The number of nitriles is 1. The van der Waals surface area contributed by atoms with Crippen LogP contribution in [0.25, 0.3) is 0 Å². The van der Waals surface area contributed by atoms with Crippen LogP contribution in [0.5, 0.6) is 5.88 Å². The summed E-state index contributed by atoms with van der Waals surface area (Å²) in [5, 5.41) is 12.1. The Bertz CT molecular complexity index is 505. The molecule has 7 heteroatoms. The molecule has 4 nitrogen and oxygen atoms in total. The summed E-state index contributed by atoms with van der Waals surface area (Å²) in [7, 11) is 0. The molecule has 2 heterocycles. The average Bonchev–Trinajstić information content (AvgIpc) is 2.45. The summed E-state index contributed by atoms with van der Waals surface area (Å²) >= 11 is 0. The van der Waals surface area contributed by atoms with Gasteiger partial charge in [0.2, 0.25) is 5.88 Å². The molecule has 1 saturated heterocycles. The Kier molecular flexibility index (Phi) is 4.45. The highest BCUT2D eigenvalue weighted by Crippen LogP contribution is 2.30. The molecule has 2 rings (SSSR count). The van der Waals surface area contributed by atoms with Crippen molar-refractivity contribution in [2.45, 2.75) is 19.0 Å². The van der Waals surface area contributed by atoms with Gasteiger partial charge in [-0.2, -0.15) is 18.4 Å². The van der Waals surface area contributed by atoms with E-state index in [1.807, 2.05) is 0 Å². The molecular formula is C13H14F3N3O.